The maximum atomic E-state index is 14.4. The second-order valence-electron chi connectivity index (χ2n) is 8.75. The number of ether oxygens (including phenoxy) is 1. The van der Waals surface area contributed by atoms with Gasteiger partial charge in [-0.2, -0.15) is 13.2 Å². The van der Waals surface area contributed by atoms with Crippen LogP contribution in [0.1, 0.15) is 81.3 Å². The molecule has 3 heterocycles. The molecule has 3 aliphatic rings. The van der Waals surface area contributed by atoms with Gasteiger partial charge in [0.15, 0.2) is 0 Å². The Bertz CT molecular complexity index is 1110. The van der Waals surface area contributed by atoms with E-state index in [2.05, 4.69) is 10.6 Å². The van der Waals surface area contributed by atoms with E-state index in [0.717, 1.165) is 72.4 Å². The Kier molecular flexibility index (Phi) is 5.68. The molecule has 10 heteroatoms. The lowest BCUT2D eigenvalue weighted by Gasteiger charge is -2.21. The Balaban J connectivity index is 1.52. The predicted octanol–water partition coefficient (Wildman–Crippen LogP) is 5.61. The minimum Gasteiger partial charge on any atom is -0.369 e. The molecule has 0 spiro atoms. The number of hydrogen-bond acceptors (Lipinski definition) is 4. The zero-order chi connectivity index (χ0) is 23.3. The Morgan fingerprint density at radius 1 is 1.03 bits per heavy atom. The third kappa shape index (κ3) is 4.14. The molecule has 33 heavy (non-hydrogen) atoms. The van der Waals surface area contributed by atoms with Crippen molar-refractivity contribution in [3.8, 4) is 0 Å². The molecule has 1 aliphatic carbocycles. The standard InChI is InChI=1S/C23H22F4N2O3S/c24-15-7-3-6-14(23(25,26)27)18(15)21(31)29-22-17(20(30)28-11-4-1-2-5-11)13-10-12-8-9-16(32-12)19(13)33-22/h3,6-7,11-12,16H,1-2,4-5,8-10H2,(H,28,30)(H,29,31). The first-order chi connectivity index (χ1) is 15.7. The van der Waals surface area contributed by atoms with Crippen LogP contribution in [0.15, 0.2) is 18.2 Å². The van der Waals surface area contributed by atoms with Crippen LogP contribution in [0.2, 0.25) is 0 Å². The summed E-state index contributed by atoms with van der Waals surface area (Å²) >= 11 is 1.13. The number of amides is 2. The molecule has 0 radical (unpaired) electrons. The normalized spacial score (nSPS) is 22.3. The summed E-state index contributed by atoms with van der Waals surface area (Å²) in [4.78, 5) is 26.9. The summed E-state index contributed by atoms with van der Waals surface area (Å²) in [6.45, 7) is 0. The Hall–Kier alpha value is -2.46. The van der Waals surface area contributed by atoms with Crippen molar-refractivity contribution in [2.45, 2.75) is 69.4 Å². The van der Waals surface area contributed by atoms with Crippen LogP contribution in [0.25, 0.3) is 0 Å². The van der Waals surface area contributed by atoms with E-state index in [1.165, 1.54) is 0 Å². The minimum absolute atomic E-state index is 0.0246. The molecular weight excluding hydrogens is 460 g/mol. The van der Waals surface area contributed by atoms with Gasteiger partial charge in [-0.05, 0) is 43.4 Å². The van der Waals surface area contributed by atoms with Crippen LogP contribution in [0, 0.1) is 5.82 Å². The lowest BCUT2D eigenvalue weighted by molar-refractivity contribution is -0.138. The smallest absolute Gasteiger partial charge is 0.369 e. The van der Waals surface area contributed by atoms with Gasteiger partial charge in [0.1, 0.15) is 10.8 Å². The third-order valence-electron chi connectivity index (χ3n) is 6.56. The van der Waals surface area contributed by atoms with Gasteiger partial charge < -0.3 is 15.4 Å². The fraction of sp³-hybridized carbons (Fsp3) is 0.478. The summed E-state index contributed by atoms with van der Waals surface area (Å²) < 4.78 is 60.6. The number of anilines is 1. The van der Waals surface area contributed by atoms with Crippen molar-refractivity contribution >= 4 is 28.2 Å². The molecule has 2 unspecified atom stereocenters. The van der Waals surface area contributed by atoms with Crippen molar-refractivity contribution in [3.63, 3.8) is 0 Å². The SMILES string of the molecule is O=C(Nc1sc2c(c1C(=O)NC1CCCC1)CC1CCC2O1)c1c(F)cccc1C(F)(F)F. The van der Waals surface area contributed by atoms with Crippen molar-refractivity contribution in [2.75, 3.05) is 5.32 Å². The topological polar surface area (TPSA) is 67.4 Å². The molecule has 2 N–H and O–H groups in total. The zero-order valence-corrected chi connectivity index (χ0v) is 18.4. The summed E-state index contributed by atoms with van der Waals surface area (Å²) in [6.07, 6.45) is 0.759. The average Bonchev–Trinajstić information content (AvgIpc) is 3.47. The number of benzene rings is 1. The summed E-state index contributed by atoms with van der Waals surface area (Å²) in [5, 5.41) is 5.56. The first-order valence-corrected chi connectivity index (χ1v) is 11.8. The van der Waals surface area contributed by atoms with Gasteiger partial charge in [0, 0.05) is 17.3 Å². The molecule has 176 valence electrons. The molecule has 1 saturated heterocycles. The molecule has 2 fully saturated rings. The van der Waals surface area contributed by atoms with Crippen LogP contribution in [-0.2, 0) is 17.3 Å². The number of rotatable bonds is 4. The highest BCUT2D eigenvalue weighted by Crippen LogP contribution is 2.49. The molecule has 2 amide bonds. The quantitative estimate of drug-likeness (QED) is 0.557. The van der Waals surface area contributed by atoms with Gasteiger partial charge in [-0.15, -0.1) is 11.3 Å². The number of hydrogen-bond donors (Lipinski definition) is 2. The highest BCUT2D eigenvalue weighted by molar-refractivity contribution is 7.17. The molecule has 2 aliphatic heterocycles. The fourth-order valence-electron chi connectivity index (χ4n) is 5.03. The molecule has 2 bridgehead atoms. The van der Waals surface area contributed by atoms with Gasteiger partial charge in [0.25, 0.3) is 11.8 Å². The minimum atomic E-state index is -4.90. The summed E-state index contributed by atoms with van der Waals surface area (Å²) in [6, 6.07) is 2.41. The lowest BCUT2D eigenvalue weighted by atomic mass is 10.0. The number of halogens is 4. The van der Waals surface area contributed by atoms with Crippen LogP contribution >= 0.6 is 11.3 Å². The first-order valence-electron chi connectivity index (χ1n) is 11.0. The van der Waals surface area contributed by atoms with Gasteiger partial charge in [-0.3, -0.25) is 9.59 Å². The van der Waals surface area contributed by atoms with Crippen LogP contribution in [-0.4, -0.2) is 24.0 Å². The Labute approximate surface area is 191 Å². The van der Waals surface area contributed by atoms with Crippen LogP contribution < -0.4 is 10.6 Å². The van der Waals surface area contributed by atoms with Gasteiger partial charge in [-0.1, -0.05) is 18.9 Å². The van der Waals surface area contributed by atoms with Gasteiger partial charge in [0.05, 0.1) is 28.9 Å². The number of fused-ring (bicyclic) bond motifs is 4. The van der Waals surface area contributed by atoms with Crippen LogP contribution in [0.5, 0.6) is 0 Å². The maximum Gasteiger partial charge on any atom is 0.417 e. The van der Waals surface area contributed by atoms with Gasteiger partial charge in [-0.25, -0.2) is 4.39 Å². The summed E-state index contributed by atoms with van der Waals surface area (Å²) in [5.41, 5.74) is -1.41. The van der Waals surface area contributed by atoms with Crippen molar-refractivity contribution in [1.82, 2.24) is 5.32 Å². The third-order valence-corrected chi connectivity index (χ3v) is 7.80. The Morgan fingerprint density at radius 2 is 1.79 bits per heavy atom. The molecule has 5 rings (SSSR count). The second-order valence-corrected chi connectivity index (χ2v) is 9.80. The average molecular weight is 482 g/mol. The zero-order valence-electron chi connectivity index (χ0n) is 17.6. The first kappa shape index (κ1) is 22.3. The monoisotopic (exact) mass is 482 g/mol. The molecule has 1 aromatic carbocycles. The van der Waals surface area contributed by atoms with E-state index < -0.39 is 29.0 Å². The van der Waals surface area contributed by atoms with E-state index in [4.69, 9.17) is 4.74 Å². The number of carbonyl (C=O) groups is 2. The molecule has 5 nitrogen and oxygen atoms in total. The van der Waals surface area contributed by atoms with E-state index in [-0.39, 0.29) is 34.7 Å². The summed E-state index contributed by atoms with van der Waals surface area (Å²) in [7, 11) is 0. The van der Waals surface area contributed by atoms with Crippen molar-refractivity contribution in [1.29, 1.82) is 0 Å². The molecule has 1 aromatic heterocycles. The second kappa shape index (κ2) is 8.39. The van der Waals surface area contributed by atoms with Crippen LogP contribution in [0.3, 0.4) is 0 Å². The number of carbonyl (C=O) groups excluding carboxylic acids is 2. The Morgan fingerprint density at radius 3 is 2.52 bits per heavy atom. The van der Waals surface area contributed by atoms with Gasteiger partial charge >= 0.3 is 6.18 Å². The largest absolute Gasteiger partial charge is 0.417 e. The number of thiophene rings is 1. The molecule has 2 atom stereocenters. The molecule has 2 aromatic rings. The maximum absolute atomic E-state index is 14.4. The van der Waals surface area contributed by atoms with E-state index in [1.54, 1.807) is 0 Å². The molecular formula is C23H22F4N2O3S. The predicted molar refractivity (Wildman–Crippen MR) is 114 cm³/mol. The van der Waals surface area contributed by atoms with Crippen LogP contribution in [0.4, 0.5) is 22.6 Å². The highest BCUT2D eigenvalue weighted by Gasteiger charge is 2.41. The van der Waals surface area contributed by atoms with E-state index in [1.807, 2.05) is 0 Å². The lowest BCUT2D eigenvalue weighted by Crippen LogP contribution is -2.34. The van der Waals surface area contributed by atoms with Crippen molar-refractivity contribution < 1.29 is 31.9 Å². The van der Waals surface area contributed by atoms with Gasteiger partial charge in [0.2, 0.25) is 0 Å². The fourth-order valence-corrected chi connectivity index (χ4v) is 6.33. The van der Waals surface area contributed by atoms with E-state index >= 15 is 0 Å². The highest BCUT2D eigenvalue weighted by atomic mass is 32.1. The van der Waals surface area contributed by atoms with Crippen molar-refractivity contribution in [3.05, 3.63) is 51.1 Å². The number of nitrogens with one attached hydrogen (secondary N) is 2. The van der Waals surface area contributed by atoms with Crippen molar-refractivity contribution in [2.24, 2.45) is 0 Å². The van der Waals surface area contributed by atoms with E-state index in [0.29, 0.717) is 12.5 Å². The summed E-state index contributed by atoms with van der Waals surface area (Å²) in [5.74, 6) is -2.87. The molecule has 1 saturated carbocycles. The number of alkyl halides is 3. The van der Waals surface area contributed by atoms with E-state index in [9.17, 15) is 27.2 Å².